The summed E-state index contributed by atoms with van der Waals surface area (Å²) in [6.07, 6.45) is 2.71. The number of methoxy groups -OCH3 is 1. The van der Waals surface area contributed by atoms with E-state index in [2.05, 4.69) is 41.2 Å². The van der Waals surface area contributed by atoms with E-state index < -0.39 is 0 Å². The molecule has 0 fully saturated rings. The first-order chi connectivity index (χ1) is 11.7. The van der Waals surface area contributed by atoms with Crippen LogP contribution in [0.5, 0.6) is 5.75 Å². The molecule has 0 aliphatic heterocycles. The predicted molar refractivity (Wildman–Crippen MR) is 95.4 cm³/mol. The van der Waals surface area contributed by atoms with Gasteiger partial charge in [-0.25, -0.2) is 0 Å². The zero-order chi connectivity index (χ0) is 16.7. The number of hydrogen-bond donors (Lipinski definition) is 2. The Morgan fingerprint density at radius 1 is 1.17 bits per heavy atom. The molecule has 0 aliphatic carbocycles. The highest BCUT2D eigenvalue weighted by atomic mass is 16.5. The second kappa shape index (κ2) is 5.47. The summed E-state index contributed by atoms with van der Waals surface area (Å²) < 4.78 is 5.62. The van der Waals surface area contributed by atoms with E-state index in [9.17, 15) is 0 Å². The van der Waals surface area contributed by atoms with Crippen molar-refractivity contribution >= 4 is 21.8 Å². The van der Waals surface area contributed by atoms with Gasteiger partial charge in [0.05, 0.1) is 18.7 Å². The van der Waals surface area contributed by atoms with E-state index in [1.807, 2.05) is 24.4 Å². The van der Waals surface area contributed by atoms with Gasteiger partial charge in [0.2, 0.25) is 0 Å². The molecule has 0 spiro atoms. The van der Waals surface area contributed by atoms with Crippen LogP contribution in [-0.4, -0.2) is 17.1 Å². The molecule has 2 aromatic heterocycles. The SMILES string of the molecule is COc1cc(C)c2[nH]ccc2c1Cc1cc2cc(C#N)ccc2[nH]1. The van der Waals surface area contributed by atoms with Gasteiger partial charge in [0.15, 0.2) is 0 Å². The zero-order valence-electron chi connectivity index (χ0n) is 13.6. The molecule has 4 rings (SSSR count). The Kier molecular flexibility index (Phi) is 3.28. The van der Waals surface area contributed by atoms with Crippen LogP contribution in [0.3, 0.4) is 0 Å². The molecule has 0 aliphatic rings. The Morgan fingerprint density at radius 2 is 2.04 bits per heavy atom. The lowest BCUT2D eigenvalue weighted by atomic mass is 10.0. The molecule has 4 aromatic rings. The number of hydrogen-bond acceptors (Lipinski definition) is 2. The Balaban J connectivity index is 1.83. The van der Waals surface area contributed by atoms with Gasteiger partial charge in [0.25, 0.3) is 0 Å². The molecule has 2 heterocycles. The van der Waals surface area contributed by atoms with Crippen molar-refractivity contribution in [3.05, 3.63) is 65.0 Å². The van der Waals surface area contributed by atoms with Crippen molar-refractivity contribution in [1.82, 2.24) is 9.97 Å². The quantitative estimate of drug-likeness (QED) is 0.587. The number of nitrogens with zero attached hydrogens (tertiary/aromatic N) is 1. The maximum absolute atomic E-state index is 9.05. The van der Waals surface area contributed by atoms with Gasteiger partial charge in [0.1, 0.15) is 5.75 Å². The van der Waals surface area contributed by atoms with Crippen molar-refractivity contribution in [2.45, 2.75) is 13.3 Å². The third-order valence-corrected chi connectivity index (χ3v) is 4.50. The van der Waals surface area contributed by atoms with Gasteiger partial charge in [-0.2, -0.15) is 5.26 Å². The van der Waals surface area contributed by atoms with Crippen LogP contribution in [0.1, 0.15) is 22.4 Å². The summed E-state index contributed by atoms with van der Waals surface area (Å²) >= 11 is 0. The summed E-state index contributed by atoms with van der Waals surface area (Å²) in [5, 5.41) is 11.3. The molecule has 0 bridgehead atoms. The fraction of sp³-hybridized carbons (Fsp3) is 0.150. The summed E-state index contributed by atoms with van der Waals surface area (Å²) in [6, 6.07) is 14.2. The summed E-state index contributed by atoms with van der Waals surface area (Å²) in [6.45, 7) is 2.08. The minimum atomic E-state index is 0.675. The highest BCUT2D eigenvalue weighted by molar-refractivity contribution is 5.89. The van der Waals surface area contributed by atoms with Gasteiger partial charge in [-0.3, -0.25) is 0 Å². The number of benzene rings is 2. The van der Waals surface area contributed by atoms with E-state index in [0.29, 0.717) is 5.56 Å². The summed E-state index contributed by atoms with van der Waals surface area (Å²) in [7, 11) is 1.71. The molecule has 24 heavy (non-hydrogen) atoms. The molecule has 2 aromatic carbocycles. The van der Waals surface area contributed by atoms with Crippen molar-refractivity contribution < 1.29 is 4.74 Å². The number of aromatic nitrogens is 2. The van der Waals surface area contributed by atoms with Crippen LogP contribution in [0.2, 0.25) is 0 Å². The van der Waals surface area contributed by atoms with Gasteiger partial charge in [0, 0.05) is 45.7 Å². The first-order valence-corrected chi connectivity index (χ1v) is 7.85. The molecule has 4 nitrogen and oxygen atoms in total. The Hall–Kier alpha value is -3.19. The fourth-order valence-corrected chi connectivity index (χ4v) is 3.35. The molecule has 0 saturated carbocycles. The maximum Gasteiger partial charge on any atom is 0.123 e. The van der Waals surface area contributed by atoms with E-state index in [0.717, 1.165) is 39.8 Å². The van der Waals surface area contributed by atoms with Gasteiger partial charge in [-0.1, -0.05) is 0 Å². The predicted octanol–water partition coefficient (Wildman–Crippen LogP) is 4.43. The highest BCUT2D eigenvalue weighted by Gasteiger charge is 2.13. The topological polar surface area (TPSA) is 64.6 Å². The summed E-state index contributed by atoms with van der Waals surface area (Å²) in [4.78, 5) is 6.75. The molecule has 0 radical (unpaired) electrons. The average molecular weight is 315 g/mol. The number of fused-ring (bicyclic) bond motifs is 2. The fourth-order valence-electron chi connectivity index (χ4n) is 3.35. The number of H-pyrrole nitrogens is 2. The van der Waals surface area contributed by atoms with Crippen LogP contribution >= 0.6 is 0 Å². The molecule has 2 N–H and O–H groups in total. The van der Waals surface area contributed by atoms with Gasteiger partial charge >= 0.3 is 0 Å². The second-order valence-corrected chi connectivity index (χ2v) is 6.03. The lowest BCUT2D eigenvalue weighted by Crippen LogP contribution is -1.96. The lowest BCUT2D eigenvalue weighted by Gasteiger charge is -2.11. The number of nitrogens with one attached hydrogen (secondary N) is 2. The summed E-state index contributed by atoms with van der Waals surface area (Å²) in [5.41, 5.74) is 6.30. The third-order valence-electron chi connectivity index (χ3n) is 4.50. The van der Waals surface area contributed by atoms with Crippen molar-refractivity contribution in [1.29, 1.82) is 5.26 Å². The van der Waals surface area contributed by atoms with Gasteiger partial charge < -0.3 is 14.7 Å². The van der Waals surface area contributed by atoms with Gasteiger partial charge in [-0.15, -0.1) is 0 Å². The maximum atomic E-state index is 9.05. The van der Waals surface area contributed by atoms with E-state index in [1.165, 1.54) is 10.9 Å². The molecule has 0 saturated heterocycles. The third kappa shape index (κ3) is 2.22. The Labute approximate surface area is 139 Å². The smallest absolute Gasteiger partial charge is 0.123 e. The molecular formula is C20H17N3O. The van der Waals surface area contributed by atoms with Crippen molar-refractivity contribution in [3.63, 3.8) is 0 Å². The number of rotatable bonds is 3. The van der Waals surface area contributed by atoms with Crippen molar-refractivity contribution in [3.8, 4) is 11.8 Å². The van der Waals surface area contributed by atoms with E-state index in [1.54, 1.807) is 7.11 Å². The second-order valence-electron chi connectivity index (χ2n) is 6.03. The van der Waals surface area contributed by atoms with Crippen molar-refractivity contribution in [2.75, 3.05) is 7.11 Å². The van der Waals surface area contributed by atoms with Crippen LogP contribution in [0.15, 0.2) is 42.6 Å². The molecule has 0 unspecified atom stereocenters. The number of nitriles is 1. The molecular weight excluding hydrogens is 298 g/mol. The normalized spacial score (nSPS) is 11.0. The molecule has 0 amide bonds. The lowest BCUT2D eigenvalue weighted by molar-refractivity contribution is 0.411. The van der Waals surface area contributed by atoms with Crippen LogP contribution in [0.25, 0.3) is 21.8 Å². The van der Waals surface area contributed by atoms with Crippen LogP contribution in [0, 0.1) is 18.3 Å². The number of ether oxygens (including phenoxy) is 1. The number of aryl methyl sites for hydroxylation is 1. The molecule has 0 atom stereocenters. The number of aromatic amines is 2. The van der Waals surface area contributed by atoms with E-state index >= 15 is 0 Å². The zero-order valence-corrected chi connectivity index (χ0v) is 13.6. The first-order valence-electron chi connectivity index (χ1n) is 7.85. The first kappa shape index (κ1) is 14.4. The largest absolute Gasteiger partial charge is 0.496 e. The average Bonchev–Trinajstić information content (AvgIpc) is 3.22. The summed E-state index contributed by atoms with van der Waals surface area (Å²) in [5.74, 6) is 0.899. The standard InChI is InChI=1S/C20H17N3O/c1-12-7-19(24-2)17(16-5-6-22-20(12)16)10-15-9-14-8-13(11-21)3-4-18(14)23-15/h3-9,22-23H,10H2,1-2H3. The Morgan fingerprint density at radius 3 is 2.83 bits per heavy atom. The van der Waals surface area contributed by atoms with Crippen LogP contribution in [0.4, 0.5) is 0 Å². The van der Waals surface area contributed by atoms with Crippen LogP contribution < -0.4 is 4.74 Å². The van der Waals surface area contributed by atoms with E-state index in [-0.39, 0.29) is 0 Å². The van der Waals surface area contributed by atoms with Crippen LogP contribution in [-0.2, 0) is 6.42 Å². The highest BCUT2D eigenvalue weighted by Crippen LogP contribution is 2.32. The van der Waals surface area contributed by atoms with Gasteiger partial charge in [-0.05, 0) is 48.9 Å². The molecule has 4 heteroatoms. The Bertz CT molecular complexity index is 1100. The minimum Gasteiger partial charge on any atom is -0.496 e. The monoisotopic (exact) mass is 315 g/mol. The molecule has 118 valence electrons. The minimum absolute atomic E-state index is 0.675. The van der Waals surface area contributed by atoms with Crippen molar-refractivity contribution in [2.24, 2.45) is 0 Å². The van der Waals surface area contributed by atoms with E-state index in [4.69, 9.17) is 10.00 Å².